The van der Waals surface area contributed by atoms with Gasteiger partial charge >= 0.3 is 5.97 Å². The van der Waals surface area contributed by atoms with Crippen LogP contribution in [0, 0.1) is 0 Å². The third-order valence-electron chi connectivity index (χ3n) is 4.30. The SMILES string of the molecule is O=C(O)Cc1ccc2c(c1)N(Cc1ccc(CO)cc1)CCC2. The molecular weight excluding hydrogens is 290 g/mol. The van der Waals surface area contributed by atoms with Crippen LogP contribution in [0.3, 0.4) is 0 Å². The van der Waals surface area contributed by atoms with Gasteiger partial charge in [0.1, 0.15) is 0 Å². The van der Waals surface area contributed by atoms with Gasteiger partial charge in [0.25, 0.3) is 0 Å². The van der Waals surface area contributed by atoms with E-state index in [9.17, 15) is 4.79 Å². The standard InChI is InChI=1S/C19H21NO3/c21-13-15-5-3-14(4-6-15)12-20-9-1-2-17-8-7-16(10-18(17)20)11-19(22)23/h3-8,10,21H,1-2,9,11-13H2,(H,22,23). The Hall–Kier alpha value is -2.33. The summed E-state index contributed by atoms with van der Waals surface area (Å²) in [5.74, 6) is -0.799. The molecule has 2 aromatic carbocycles. The summed E-state index contributed by atoms with van der Waals surface area (Å²) >= 11 is 0. The molecule has 1 aliphatic heterocycles. The second-order valence-corrected chi connectivity index (χ2v) is 6.03. The van der Waals surface area contributed by atoms with Crippen molar-refractivity contribution in [3.63, 3.8) is 0 Å². The minimum absolute atomic E-state index is 0.0609. The minimum atomic E-state index is -0.799. The number of nitrogens with zero attached hydrogens (tertiary/aromatic N) is 1. The van der Waals surface area contributed by atoms with Crippen molar-refractivity contribution < 1.29 is 15.0 Å². The van der Waals surface area contributed by atoms with Crippen LogP contribution < -0.4 is 4.90 Å². The van der Waals surface area contributed by atoms with Crippen LogP contribution in [0.1, 0.15) is 28.7 Å². The lowest BCUT2D eigenvalue weighted by atomic mass is 9.98. The molecule has 0 saturated heterocycles. The Morgan fingerprint density at radius 3 is 2.43 bits per heavy atom. The van der Waals surface area contributed by atoms with Crippen molar-refractivity contribution in [2.75, 3.05) is 11.4 Å². The zero-order chi connectivity index (χ0) is 16.2. The lowest BCUT2D eigenvalue weighted by molar-refractivity contribution is -0.136. The molecule has 0 spiro atoms. The van der Waals surface area contributed by atoms with Crippen LogP contribution in [0.25, 0.3) is 0 Å². The first-order valence-corrected chi connectivity index (χ1v) is 7.93. The lowest BCUT2D eigenvalue weighted by Crippen LogP contribution is -2.29. The van der Waals surface area contributed by atoms with Crippen molar-refractivity contribution in [3.05, 3.63) is 64.7 Å². The van der Waals surface area contributed by atoms with Gasteiger partial charge in [0, 0.05) is 18.8 Å². The van der Waals surface area contributed by atoms with Gasteiger partial charge in [-0.15, -0.1) is 0 Å². The van der Waals surface area contributed by atoms with Gasteiger partial charge in [-0.05, 0) is 41.2 Å². The van der Waals surface area contributed by atoms with Crippen LogP contribution in [0.4, 0.5) is 5.69 Å². The number of aliphatic carboxylic acids is 1. The minimum Gasteiger partial charge on any atom is -0.481 e. The second-order valence-electron chi connectivity index (χ2n) is 6.03. The number of carboxylic acids is 1. The van der Waals surface area contributed by atoms with Crippen LogP contribution in [0.5, 0.6) is 0 Å². The fourth-order valence-electron chi connectivity index (χ4n) is 3.12. The number of carbonyl (C=O) groups is 1. The smallest absolute Gasteiger partial charge is 0.307 e. The van der Waals surface area contributed by atoms with E-state index >= 15 is 0 Å². The summed E-state index contributed by atoms with van der Waals surface area (Å²) < 4.78 is 0. The van der Waals surface area contributed by atoms with Crippen LogP contribution in [-0.4, -0.2) is 22.7 Å². The van der Waals surface area contributed by atoms with Crippen LogP contribution >= 0.6 is 0 Å². The molecule has 2 N–H and O–H groups in total. The summed E-state index contributed by atoms with van der Waals surface area (Å²) in [5.41, 5.74) is 5.40. The molecule has 0 saturated carbocycles. The number of hydrogen-bond acceptors (Lipinski definition) is 3. The van der Waals surface area contributed by atoms with E-state index in [4.69, 9.17) is 10.2 Å². The van der Waals surface area contributed by atoms with Crippen LogP contribution in [-0.2, 0) is 30.8 Å². The largest absolute Gasteiger partial charge is 0.481 e. The first-order chi connectivity index (χ1) is 11.2. The zero-order valence-corrected chi connectivity index (χ0v) is 13.0. The third-order valence-corrected chi connectivity index (χ3v) is 4.30. The van der Waals surface area contributed by atoms with Crippen molar-refractivity contribution in [2.45, 2.75) is 32.4 Å². The van der Waals surface area contributed by atoms with E-state index in [0.717, 1.165) is 42.7 Å². The molecule has 23 heavy (non-hydrogen) atoms. The molecule has 0 bridgehead atoms. The molecule has 3 rings (SSSR count). The molecule has 0 aromatic heterocycles. The molecule has 2 aromatic rings. The summed E-state index contributed by atoms with van der Waals surface area (Å²) in [4.78, 5) is 13.3. The highest BCUT2D eigenvalue weighted by atomic mass is 16.4. The van der Waals surface area contributed by atoms with Crippen molar-refractivity contribution in [1.82, 2.24) is 0 Å². The van der Waals surface area contributed by atoms with Crippen molar-refractivity contribution in [2.24, 2.45) is 0 Å². The Morgan fingerprint density at radius 1 is 1.04 bits per heavy atom. The summed E-state index contributed by atoms with van der Waals surface area (Å²) in [6.07, 6.45) is 2.22. The number of aliphatic hydroxyl groups is 1. The van der Waals surface area contributed by atoms with Crippen LogP contribution in [0.15, 0.2) is 42.5 Å². The zero-order valence-electron chi connectivity index (χ0n) is 13.0. The summed E-state index contributed by atoms with van der Waals surface area (Å²) in [7, 11) is 0. The van der Waals surface area contributed by atoms with E-state index in [-0.39, 0.29) is 13.0 Å². The number of hydrogen-bond donors (Lipinski definition) is 2. The highest BCUT2D eigenvalue weighted by Crippen LogP contribution is 2.29. The summed E-state index contributed by atoms with van der Waals surface area (Å²) in [6, 6.07) is 14.0. The second kappa shape index (κ2) is 6.84. The Kier molecular flexibility index (Phi) is 4.63. The number of rotatable bonds is 5. The molecule has 0 radical (unpaired) electrons. The quantitative estimate of drug-likeness (QED) is 0.891. The first kappa shape index (κ1) is 15.6. The first-order valence-electron chi connectivity index (χ1n) is 7.93. The Balaban J connectivity index is 1.82. The van der Waals surface area contributed by atoms with Gasteiger partial charge < -0.3 is 15.1 Å². The van der Waals surface area contributed by atoms with Gasteiger partial charge in [-0.2, -0.15) is 0 Å². The molecule has 0 aliphatic carbocycles. The van der Waals surface area contributed by atoms with E-state index in [1.54, 1.807) is 0 Å². The molecule has 4 nitrogen and oxygen atoms in total. The highest BCUT2D eigenvalue weighted by molar-refractivity contribution is 5.71. The molecule has 0 amide bonds. The van der Waals surface area contributed by atoms with E-state index in [1.165, 1.54) is 11.1 Å². The molecule has 0 fully saturated rings. The van der Waals surface area contributed by atoms with Gasteiger partial charge in [-0.1, -0.05) is 36.4 Å². The molecule has 120 valence electrons. The normalized spacial score (nSPS) is 13.7. The fourth-order valence-corrected chi connectivity index (χ4v) is 3.12. The van der Waals surface area contributed by atoms with Gasteiger partial charge in [-0.25, -0.2) is 0 Å². The van der Waals surface area contributed by atoms with Gasteiger partial charge in [-0.3, -0.25) is 4.79 Å². The van der Waals surface area contributed by atoms with Crippen molar-refractivity contribution in [1.29, 1.82) is 0 Å². The predicted molar refractivity (Wildman–Crippen MR) is 89.5 cm³/mol. The number of fused-ring (bicyclic) bond motifs is 1. The Morgan fingerprint density at radius 2 is 1.74 bits per heavy atom. The fraction of sp³-hybridized carbons (Fsp3) is 0.316. The number of carboxylic acid groups (broad SMARTS) is 1. The Bertz CT molecular complexity index is 694. The van der Waals surface area contributed by atoms with Gasteiger partial charge in [0.2, 0.25) is 0 Å². The number of anilines is 1. The lowest BCUT2D eigenvalue weighted by Gasteiger charge is -2.32. The monoisotopic (exact) mass is 311 g/mol. The molecule has 1 aliphatic rings. The van der Waals surface area contributed by atoms with E-state index in [2.05, 4.69) is 11.0 Å². The van der Waals surface area contributed by atoms with E-state index < -0.39 is 5.97 Å². The van der Waals surface area contributed by atoms with Gasteiger partial charge in [0.05, 0.1) is 13.0 Å². The Labute approximate surface area is 136 Å². The highest BCUT2D eigenvalue weighted by Gasteiger charge is 2.18. The number of benzene rings is 2. The van der Waals surface area contributed by atoms with Crippen molar-refractivity contribution >= 4 is 11.7 Å². The molecule has 0 unspecified atom stereocenters. The molecule has 4 heteroatoms. The molecule has 1 heterocycles. The topological polar surface area (TPSA) is 60.8 Å². The summed E-state index contributed by atoms with van der Waals surface area (Å²) in [6.45, 7) is 1.84. The average Bonchev–Trinajstić information content (AvgIpc) is 2.55. The maximum Gasteiger partial charge on any atom is 0.307 e. The van der Waals surface area contributed by atoms with Crippen LogP contribution in [0.2, 0.25) is 0 Å². The molecule has 0 atom stereocenters. The predicted octanol–water partition coefficient (Wildman–Crippen LogP) is 2.76. The molecular formula is C19H21NO3. The third kappa shape index (κ3) is 3.71. The van der Waals surface area contributed by atoms with E-state index in [1.807, 2.05) is 36.4 Å². The maximum absolute atomic E-state index is 10.9. The number of aliphatic hydroxyl groups excluding tert-OH is 1. The average molecular weight is 311 g/mol. The van der Waals surface area contributed by atoms with Crippen molar-refractivity contribution in [3.8, 4) is 0 Å². The maximum atomic E-state index is 10.9. The van der Waals surface area contributed by atoms with Gasteiger partial charge in [0.15, 0.2) is 0 Å². The van der Waals surface area contributed by atoms with E-state index in [0.29, 0.717) is 0 Å². The summed E-state index contributed by atoms with van der Waals surface area (Å²) in [5, 5.41) is 18.1. The number of aryl methyl sites for hydroxylation is 1.